The molecule has 1 heterocycles. The number of aliphatic hydroxyl groups excluding tert-OH is 1. The van der Waals surface area contributed by atoms with Crippen molar-refractivity contribution < 1.29 is 19.4 Å². The summed E-state index contributed by atoms with van der Waals surface area (Å²) >= 11 is 0. The van der Waals surface area contributed by atoms with Gasteiger partial charge in [0, 0.05) is 36.7 Å². The first kappa shape index (κ1) is 26.1. The molecule has 0 aromatic heterocycles. The van der Waals surface area contributed by atoms with Crippen LogP contribution in [0.1, 0.15) is 32.3 Å². The van der Waals surface area contributed by atoms with Gasteiger partial charge in [-0.1, -0.05) is 6.92 Å². The first-order valence-electron chi connectivity index (χ1n) is 11.4. The number of ether oxygens (including phenoxy) is 1. The number of fused-ring (bicyclic) bond motifs is 1. The molecule has 3 atom stereocenters. The van der Waals surface area contributed by atoms with Crippen molar-refractivity contribution in [2.75, 3.05) is 59.7 Å². The third-order valence-electron chi connectivity index (χ3n) is 5.75. The summed E-state index contributed by atoms with van der Waals surface area (Å²) < 4.78 is 6.40. The molecule has 0 radical (unpaired) electrons. The summed E-state index contributed by atoms with van der Waals surface area (Å²) in [5, 5.41) is 12.6. The maximum absolute atomic E-state index is 13.2. The van der Waals surface area contributed by atoms with E-state index < -0.39 is 0 Å². The zero-order valence-corrected chi connectivity index (χ0v) is 20.4. The van der Waals surface area contributed by atoms with Gasteiger partial charge in [-0.25, -0.2) is 0 Å². The van der Waals surface area contributed by atoms with Gasteiger partial charge in [0.25, 0.3) is 0 Å². The molecule has 0 fully saturated rings. The molecule has 1 aromatic carbocycles. The van der Waals surface area contributed by atoms with E-state index >= 15 is 0 Å². The Labute approximate surface area is 192 Å². The molecule has 0 bridgehead atoms. The Bertz CT molecular complexity index is 768. The van der Waals surface area contributed by atoms with Crippen LogP contribution in [0, 0.1) is 5.92 Å². The molecule has 1 aromatic rings. The molecule has 1 aliphatic rings. The van der Waals surface area contributed by atoms with Crippen molar-refractivity contribution in [3.8, 4) is 5.75 Å². The number of carbonyl (C=O) groups is 2. The monoisotopic (exact) mass is 448 g/mol. The minimum atomic E-state index is -0.272. The van der Waals surface area contributed by atoms with Crippen LogP contribution in [0.25, 0.3) is 0 Å². The van der Waals surface area contributed by atoms with Crippen molar-refractivity contribution in [2.45, 2.75) is 45.3 Å². The normalized spacial score (nSPS) is 20.3. The number of aliphatic hydroxyl groups is 1. The first-order valence-corrected chi connectivity index (χ1v) is 11.4. The van der Waals surface area contributed by atoms with E-state index in [1.807, 2.05) is 53.3 Å². The van der Waals surface area contributed by atoms with E-state index in [1.165, 1.54) is 0 Å². The van der Waals surface area contributed by atoms with Crippen LogP contribution in [0.3, 0.4) is 0 Å². The van der Waals surface area contributed by atoms with E-state index in [9.17, 15) is 14.7 Å². The number of likely N-dealkylation sites (N-methyl/N-ethyl adjacent to an activating group) is 1. The number of hydrogen-bond donors (Lipinski definition) is 2. The standard InChI is InChI=1S/C24H40N4O4/c1-17-14-28(18(2)16-29)24(31)13-19-12-20(25-23(30)8-7-11-26(3)4)9-10-21(19)32-22(17)15-27(5)6/h9-10,12,17-18,22,29H,7-8,11,13-16H2,1-6H3,(H,25,30)/t17-,18+,22+/m0/s1. The van der Waals surface area contributed by atoms with Crippen molar-refractivity contribution in [1.82, 2.24) is 14.7 Å². The molecule has 8 nitrogen and oxygen atoms in total. The number of benzene rings is 1. The van der Waals surface area contributed by atoms with E-state index in [0.717, 1.165) is 18.5 Å². The summed E-state index contributed by atoms with van der Waals surface area (Å²) in [6.07, 6.45) is 1.26. The Morgan fingerprint density at radius 1 is 1.28 bits per heavy atom. The molecule has 0 aliphatic carbocycles. The number of amides is 2. The molecule has 2 amide bonds. The quantitative estimate of drug-likeness (QED) is 0.598. The Hall–Kier alpha value is -2.16. The number of carbonyl (C=O) groups excluding carboxylic acids is 2. The van der Waals surface area contributed by atoms with E-state index in [0.29, 0.717) is 30.9 Å². The second-order valence-electron chi connectivity index (χ2n) is 9.43. The maximum atomic E-state index is 13.2. The maximum Gasteiger partial charge on any atom is 0.227 e. The summed E-state index contributed by atoms with van der Waals surface area (Å²) in [6.45, 7) is 5.92. The van der Waals surface area contributed by atoms with Gasteiger partial charge in [0.05, 0.1) is 19.1 Å². The molecule has 0 unspecified atom stereocenters. The lowest BCUT2D eigenvalue weighted by atomic mass is 10.0. The Balaban J connectivity index is 2.27. The predicted molar refractivity (Wildman–Crippen MR) is 127 cm³/mol. The fraction of sp³-hybridized carbons (Fsp3) is 0.667. The van der Waals surface area contributed by atoms with Gasteiger partial charge in [-0.05, 0) is 66.3 Å². The Kier molecular flexibility index (Phi) is 9.93. The lowest BCUT2D eigenvalue weighted by molar-refractivity contribution is -0.134. The summed E-state index contributed by atoms with van der Waals surface area (Å²) in [5.74, 6) is 0.651. The van der Waals surface area contributed by atoms with Gasteiger partial charge >= 0.3 is 0 Å². The third-order valence-corrected chi connectivity index (χ3v) is 5.75. The minimum absolute atomic E-state index is 0.0447. The van der Waals surface area contributed by atoms with Crippen molar-refractivity contribution >= 4 is 17.5 Å². The summed E-state index contributed by atoms with van der Waals surface area (Å²) in [6, 6.07) is 5.24. The zero-order valence-electron chi connectivity index (χ0n) is 20.4. The van der Waals surface area contributed by atoms with Gasteiger partial charge < -0.3 is 29.9 Å². The van der Waals surface area contributed by atoms with Crippen LogP contribution in [-0.2, 0) is 16.0 Å². The molecule has 32 heavy (non-hydrogen) atoms. The fourth-order valence-electron chi connectivity index (χ4n) is 3.86. The fourth-order valence-corrected chi connectivity index (χ4v) is 3.86. The van der Waals surface area contributed by atoms with Crippen LogP contribution >= 0.6 is 0 Å². The van der Waals surface area contributed by atoms with Gasteiger partial charge in [-0.3, -0.25) is 9.59 Å². The van der Waals surface area contributed by atoms with E-state index in [4.69, 9.17) is 4.74 Å². The largest absolute Gasteiger partial charge is 0.488 e. The van der Waals surface area contributed by atoms with Crippen molar-refractivity contribution in [2.24, 2.45) is 5.92 Å². The van der Waals surface area contributed by atoms with Crippen molar-refractivity contribution in [3.63, 3.8) is 0 Å². The smallest absolute Gasteiger partial charge is 0.227 e. The topological polar surface area (TPSA) is 85.3 Å². The average Bonchev–Trinajstić information content (AvgIpc) is 2.75. The van der Waals surface area contributed by atoms with Gasteiger partial charge in [0.15, 0.2) is 0 Å². The Morgan fingerprint density at radius 3 is 2.62 bits per heavy atom. The summed E-state index contributed by atoms with van der Waals surface area (Å²) in [7, 11) is 7.96. The number of rotatable bonds is 9. The molecule has 2 N–H and O–H groups in total. The summed E-state index contributed by atoms with van der Waals surface area (Å²) in [4.78, 5) is 31.4. The minimum Gasteiger partial charge on any atom is -0.488 e. The molecular weight excluding hydrogens is 408 g/mol. The van der Waals surface area contributed by atoms with Gasteiger partial charge in [-0.2, -0.15) is 0 Å². The van der Waals surface area contributed by atoms with Crippen LogP contribution in [0.15, 0.2) is 18.2 Å². The molecule has 2 rings (SSSR count). The highest BCUT2D eigenvalue weighted by Gasteiger charge is 2.30. The van der Waals surface area contributed by atoms with Gasteiger partial charge in [-0.15, -0.1) is 0 Å². The highest BCUT2D eigenvalue weighted by Crippen LogP contribution is 2.29. The van der Waals surface area contributed by atoms with Crippen molar-refractivity contribution in [3.05, 3.63) is 23.8 Å². The lowest BCUT2D eigenvalue weighted by Gasteiger charge is -2.33. The van der Waals surface area contributed by atoms with E-state index in [-0.39, 0.29) is 42.9 Å². The first-order chi connectivity index (χ1) is 15.1. The molecule has 0 saturated carbocycles. The van der Waals surface area contributed by atoms with Crippen LogP contribution in [0.5, 0.6) is 5.75 Å². The second kappa shape index (κ2) is 12.2. The summed E-state index contributed by atoms with van der Waals surface area (Å²) in [5.41, 5.74) is 1.40. The number of nitrogens with zero attached hydrogens (tertiary/aromatic N) is 3. The van der Waals surface area contributed by atoms with E-state index in [1.54, 1.807) is 4.90 Å². The van der Waals surface area contributed by atoms with Gasteiger partial charge in [0.1, 0.15) is 11.9 Å². The third kappa shape index (κ3) is 7.76. The molecule has 0 saturated heterocycles. The lowest BCUT2D eigenvalue weighted by Crippen LogP contribution is -2.47. The van der Waals surface area contributed by atoms with Crippen molar-refractivity contribution in [1.29, 1.82) is 0 Å². The van der Waals surface area contributed by atoms with Crippen LogP contribution in [0.4, 0.5) is 5.69 Å². The van der Waals surface area contributed by atoms with Gasteiger partial charge in [0.2, 0.25) is 11.8 Å². The van der Waals surface area contributed by atoms with Crippen LogP contribution < -0.4 is 10.1 Å². The Morgan fingerprint density at radius 2 is 2.00 bits per heavy atom. The highest BCUT2D eigenvalue weighted by molar-refractivity contribution is 5.91. The molecule has 0 spiro atoms. The van der Waals surface area contributed by atoms with E-state index in [2.05, 4.69) is 22.0 Å². The zero-order chi connectivity index (χ0) is 23.8. The van der Waals surface area contributed by atoms with Crippen LogP contribution in [-0.4, -0.2) is 98.2 Å². The number of nitrogens with one attached hydrogen (secondary N) is 1. The second-order valence-corrected chi connectivity index (χ2v) is 9.43. The van der Waals surface area contributed by atoms with Crippen LogP contribution in [0.2, 0.25) is 0 Å². The molecular formula is C24H40N4O4. The molecule has 1 aliphatic heterocycles. The predicted octanol–water partition coefficient (Wildman–Crippen LogP) is 1.68. The highest BCUT2D eigenvalue weighted by atomic mass is 16.5. The molecule has 8 heteroatoms. The molecule has 180 valence electrons. The average molecular weight is 449 g/mol. The number of hydrogen-bond acceptors (Lipinski definition) is 6. The SMILES string of the molecule is C[C@H](CO)N1C[C@H](C)[C@@H](CN(C)C)Oc2ccc(NC(=O)CCCN(C)C)cc2CC1=O. The number of anilines is 1.